The summed E-state index contributed by atoms with van der Waals surface area (Å²) >= 11 is 0. The molecule has 1 saturated carbocycles. The van der Waals surface area contributed by atoms with Crippen molar-refractivity contribution < 1.29 is 18.3 Å². The SMILES string of the molecule is CCNC(=NCc1ccccc1OC(F)F)NC1CCN(C(=O)C2CCCC2)C1. The second-order valence-electron chi connectivity index (χ2n) is 7.58. The number of para-hydroxylation sites is 1. The van der Waals surface area contributed by atoms with Gasteiger partial charge in [0.1, 0.15) is 5.75 Å². The summed E-state index contributed by atoms with van der Waals surface area (Å²) in [6.07, 6.45) is 5.20. The van der Waals surface area contributed by atoms with E-state index in [9.17, 15) is 13.6 Å². The number of guanidine groups is 1. The maximum absolute atomic E-state index is 12.6. The molecule has 0 spiro atoms. The number of aliphatic imine (C=N–C) groups is 1. The molecule has 6 nitrogen and oxygen atoms in total. The third-order valence-electron chi connectivity index (χ3n) is 5.49. The number of rotatable bonds is 7. The summed E-state index contributed by atoms with van der Waals surface area (Å²) in [5.41, 5.74) is 0.592. The van der Waals surface area contributed by atoms with Crippen molar-refractivity contribution in [2.75, 3.05) is 19.6 Å². The minimum atomic E-state index is -2.87. The number of benzene rings is 1. The lowest BCUT2D eigenvalue weighted by Gasteiger charge is -2.21. The highest BCUT2D eigenvalue weighted by molar-refractivity contribution is 5.81. The van der Waals surface area contributed by atoms with Gasteiger partial charge in [-0.3, -0.25) is 4.79 Å². The molecule has 2 fully saturated rings. The van der Waals surface area contributed by atoms with Crippen LogP contribution in [-0.2, 0) is 11.3 Å². The number of nitrogens with one attached hydrogen (secondary N) is 2. The normalized spacial score (nSPS) is 20.3. The summed E-state index contributed by atoms with van der Waals surface area (Å²) in [4.78, 5) is 19.1. The van der Waals surface area contributed by atoms with Gasteiger partial charge in [-0.15, -0.1) is 0 Å². The van der Waals surface area contributed by atoms with Crippen LogP contribution in [0.25, 0.3) is 0 Å². The first kappa shape index (κ1) is 21.3. The molecule has 8 heteroatoms. The van der Waals surface area contributed by atoms with Crippen LogP contribution in [0.3, 0.4) is 0 Å². The summed E-state index contributed by atoms with van der Waals surface area (Å²) in [6, 6.07) is 6.80. The van der Waals surface area contributed by atoms with Crippen molar-refractivity contribution >= 4 is 11.9 Å². The van der Waals surface area contributed by atoms with Gasteiger partial charge in [0, 0.05) is 37.2 Å². The molecule has 1 aliphatic heterocycles. The number of hydrogen-bond donors (Lipinski definition) is 2. The van der Waals surface area contributed by atoms with Gasteiger partial charge in [0.05, 0.1) is 6.54 Å². The maximum atomic E-state index is 12.6. The molecule has 1 aromatic rings. The molecule has 0 radical (unpaired) electrons. The summed E-state index contributed by atoms with van der Waals surface area (Å²) in [5.74, 6) is 1.23. The number of ether oxygens (including phenoxy) is 1. The molecule has 29 heavy (non-hydrogen) atoms. The van der Waals surface area contributed by atoms with Crippen LogP contribution in [0.15, 0.2) is 29.3 Å². The third kappa shape index (κ3) is 6.05. The van der Waals surface area contributed by atoms with Crippen molar-refractivity contribution in [3.05, 3.63) is 29.8 Å². The van der Waals surface area contributed by atoms with E-state index in [-0.39, 0.29) is 30.2 Å². The molecule has 2 N–H and O–H groups in total. The molecule has 3 rings (SSSR count). The van der Waals surface area contributed by atoms with Gasteiger partial charge < -0.3 is 20.3 Å². The fourth-order valence-corrected chi connectivity index (χ4v) is 4.03. The van der Waals surface area contributed by atoms with Crippen LogP contribution in [0.1, 0.15) is 44.6 Å². The summed E-state index contributed by atoms with van der Waals surface area (Å²) < 4.78 is 29.8. The van der Waals surface area contributed by atoms with Crippen LogP contribution in [0.2, 0.25) is 0 Å². The van der Waals surface area contributed by atoms with E-state index in [0.717, 1.165) is 38.6 Å². The highest BCUT2D eigenvalue weighted by Gasteiger charge is 2.32. The Hall–Kier alpha value is -2.38. The number of nitrogens with zero attached hydrogens (tertiary/aromatic N) is 2. The van der Waals surface area contributed by atoms with Crippen molar-refractivity contribution in [2.24, 2.45) is 10.9 Å². The van der Waals surface area contributed by atoms with Crippen LogP contribution < -0.4 is 15.4 Å². The maximum Gasteiger partial charge on any atom is 0.387 e. The second kappa shape index (κ2) is 10.4. The first-order valence-corrected chi connectivity index (χ1v) is 10.4. The number of carbonyl (C=O) groups excluding carboxylic acids is 1. The molecule has 1 saturated heterocycles. The van der Waals surface area contributed by atoms with Crippen molar-refractivity contribution in [3.8, 4) is 5.75 Å². The van der Waals surface area contributed by atoms with Crippen molar-refractivity contribution in [2.45, 2.75) is 58.2 Å². The second-order valence-corrected chi connectivity index (χ2v) is 7.58. The van der Waals surface area contributed by atoms with Gasteiger partial charge in [0.25, 0.3) is 0 Å². The van der Waals surface area contributed by atoms with E-state index in [0.29, 0.717) is 24.6 Å². The smallest absolute Gasteiger partial charge is 0.387 e. The molecule has 1 atom stereocenters. The van der Waals surface area contributed by atoms with Crippen molar-refractivity contribution in [1.82, 2.24) is 15.5 Å². The summed E-state index contributed by atoms with van der Waals surface area (Å²) in [7, 11) is 0. The van der Waals surface area contributed by atoms with E-state index in [1.807, 2.05) is 11.8 Å². The van der Waals surface area contributed by atoms with E-state index in [4.69, 9.17) is 0 Å². The Morgan fingerprint density at radius 3 is 2.76 bits per heavy atom. The van der Waals surface area contributed by atoms with E-state index >= 15 is 0 Å². The van der Waals surface area contributed by atoms with Gasteiger partial charge in [0.2, 0.25) is 5.91 Å². The van der Waals surface area contributed by atoms with Gasteiger partial charge in [0.15, 0.2) is 5.96 Å². The molecule has 1 aliphatic carbocycles. The predicted octanol–water partition coefficient (Wildman–Crippen LogP) is 3.13. The van der Waals surface area contributed by atoms with E-state index in [1.54, 1.807) is 18.2 Å². The number of halogens is 2. The highest BCUT2D eigenvalue weighted by atomic mass is 19.3. The fraction of sp³-hybridized carbons (Fsp3) is 0.619. The minimum absolute atomic E-state index is 0.130. The molecular formula is C21H30F2N4O2. The third-order valence-corrected chi connectivity index (χ3v) is 5.49. The average Bonchev–Trinajstić information content (AvgIpc) is 3.39. The minimum Gasteiger partial charge on any atom is -0.434 e. The molecule has 160 valence electrons. The Morgan fingerprint density at radius 2 is 2.03 bits per heavy atom. The molecule has 2 aliphatic rings. The van der Waals surface area contributed by atoms with Crippen LogP contribution in [0.4, 0.5) is 8.78 Å². The van der Waals surface area contributed by atoms with E-state index < -0.39 is 6.61 Å². The number of amides is 1. The molecular weight excluding hydrogens is 378 g/mol. The highest BCUT2D eigenvalue weighted by Crippen LogP contribution is 2.28. The van der Waals surface area contributed by atoms with Gasteiger partial charge >= 0.3 is 6.61 Å². The Kier molecular flexibility index (Phi) is 7.66. The molecule has 1 heterocycles. The molecule has 0 aromatic heterocycles. The largest absolute Gasteiger partial charge is 0.434 e. The zero-order valence-corrected chi connectivity index (χ0v) is 16.9. The lowest BCUT2D eigenvalue weighted by molar-refractivity contribution is -0.134. The van der Waals surface area contributed by atoms with Crippen LogP contribution in [-0.4, -0.2) is 49.1 Å². The summed E-state index contributed by atoms with van der Waals surface area (Å²) in [5, 5.41) is 6.56. The zero-order valence-electron chi connectivity index (χ0n) is 16.9. The Bertz CT molecular complexity index is 708. The number of likely N-dealkylation sites (tertiary alicyclic amines) is 1. The van der Waals surface area contributed by atoms with Crippen LogP contribution in [0, 0.1) is 5.92 Å². The topological polar surface area (TPSA) is 66.0 Å². The zero-order chi connectivity index (χ0) is 20.6. The standard InChI is InChI=1S/C21H30F2N4O2/c1-2-24-21(25-13-16-9-5-6-10-18(16)29-20(22)23)26-17-11-12-27(14-17)19(28)15-7-3-4-8-15/h5-6,9-10,15,17,20H,2-4,7-8,11-14H2,1H3,(H2,24,25,26). The molecule has 1 aromatic carbocycles. The first-order valence-electron chi connectivity index (χ1n) is 10.4. The quantitative estimate of drug-likeness (QED) is 0.537. The first-order chi connectivity index (χ1) is 14.1. The Morgan fingerprint density at radius 1 is 1.28 bits per heavy atom. The van der Waals surface area contributed by atoms with E-state index in [1.165, 1.54) is 6.07 Å². The number of alkyl halides is 2. The van der Waals surface area contributed by atoms with Crippen LogP contribution >= 0.6 is 0 Å². The molecule has 1 amide bonds. The van der Waals surface area contributed by atoms with E-state index in [2.05, 4.69) is 20.4 Å². The fourth-order valence-electron chi connectivity index (χ4n) is 4.03. The molecule has 0 bridgehead atoms. The monoisotopic (exact) mass is 408 g/mol. The number of hydrogen-bond acceptors (Lipinski definition) is 3. The average molecular weight is 408 g/mol. The van der Waals surface area contributed by atoms with Gasteiger partial charge in [-0.05, 0) is 32.3 Å². The Balaban J connectivity index is 1.58. The lowest BCUT2D eigenvalue weighted by atomic mass is 10.1. The van der Waals surface area contributed by atoms with Crippen molar-refractivity contribution in [3.63, 3.8) is 0 Å². The molecule has 1 unspecified atom stereocenters. The number of carbonyl (C=O) groups is 1. The van der Waals surface area contributed by atoms with Crippen molar-refractivity contribution in [1.29, 1.82) is 0 Å². The van der Waals surface area contributed by atoms with Gasteiger partial charge in [-0.1, -0.05) is 31.0 Å². The van der Waals surface area contributed by atoms with Crippen LogP contribution in [0.5, 0.6) is 5.75 Å². The Labute approximate surface area is 170 Å². The predicted molar refractivity (Wildman–Crippen MR) is 108 cm³/mol. The van der Waals surface area contributed by atoms with Gasteiger partial charge in [-0.25, -0.2) is 4.99 Å². The lowest BCUT2D eigenvalue weighted by Crippen LogP contribution is -2.45. The van der Waals surface area contributed by atoms with Gasteiger partial charge in [-0.2, -0.15) is 8.78 Å². The summed E-state index contributed by atoms with van der Waals surface area (Å²) in [6.45, 7) is 1.43.